The second-order valence-electron chi connectivity index (χ2n) is 8.69. The van der Waals surface area contributed by atoms with Crippen LogP contribution >= 0.6 is 0 Å². The molecular weight excluding hydrogens is 506 g/mol. The van der Waals surface area contributed by atoms with Crippen molar-refractivity contribution in [2.75, 3.05) is 13.6 Å². The zero-order valence-electron chi connectivity index (χ0n) is 29.0. The Morgan fingerprint density at radius 2 is 1.36 bits per heavy atom. The summed E-state index contributed by atoms with van der Waals surface area (Å²) in [5.74, 6) is 0.367. The van der Waals surface area contributed by atoms with Gasteiger partial charge in [-0.05, 0) is 91.6 Å². The minimum atomic E-state index is 0.367. The quantitative estimate of drug-likeness (QED) is 0.285. The Bertz CT molecular complexity index is 983. The fraction of sp³-hybridized carbons (Fsp3) is 0.366. The molecular formula is C41H63N. The molecule has 1 unspecified atom stereocenters. The molecule has 0 fully saturated rings. The summed E-state index contributed by atoms with van der Waals surface area (Å²) in [5, 5.41) is 2.93. The number of hydrogen-bond donors (Lipinski definition) is 1. The summed E-state index contributed by atoms with van der Waals surface area (Å²) in [6.07, 6.45) is 30.8. The molecule has 0 saturated carbocycles. The van der Waals surface area contributed by atoms with Crippen LogP contribution in [-0.4, -0.2) is 13.6 Å². The molecule has 0 aromatic heterocycles. The first-order chi connectivity index (χ1) is 20.3. The second-order valence-corrected chi connectivity index (χ2v) is 8.69. The van der Waals surface area contributed by atoms with Crippen LogP contribution in [0.1, 0.15) is 96.4 Å². The van der Waals surface area contributed by atoms with Gasteiger partial charge in [0.25, 0.3) is 0 Å². The lowest BCUT2D eigenvalue weighted by molar-refractivity contribution is 0.864. The lowest BCUT2D eigenvalue weighted by atomic mass is 9.83. The molecule has 1 N–H and O–H groups in total. The summed E-state index contributed by atoms with van der Waals surface area (Å²) in [7, 11) is 1.93. The van der Waals surface area contributed by atoms with Gasteiger partial charge in [-0.3, -0.25) is 0 Å². The zero-order valence-corrected chi connectivity index (χ0v) is 29.0. The molecule has 1 heteroatoms. The Labute approximate surface area is 263 Å². The maximum atomic E-state index is 4.00. The normalized spacial score (nSPS) is 10.8. The molecule has 232 valence electrons. The van der Waals surface area contributed by atoms with Gasteiger partial charge in [0.05, 0.1) is 0 Å². The van der Waals surface area contributed by atoms with Crippen LogP contribution in [0.25, 0.3) is 0 Å². The highest BCUT2D eigenvalue weighted by Gasteiger charge is 2.17. The van der Waals surface area contributed by atoms with Gasteiger partial charge in [0.2, 0.25) is 0 Å². The van der Waals surface area contributed by atoms with Gasteiger partial charge in [-0.2, -0.15) is 0 Å². The van der Waals surface area contributed by atoms with Crippen molar-refractivity contribution in [3.63, 3.8) is 0 Å². The van der Waals surface area contributed by atoms with Crippen LogP contribution in [0.5, 0.6) is 0 Å². The van der Waals surface area contributed by atoms with Crippen LogP contribution < -0.4 is 5.32 Å². The van der Waals surface area contributed by atoms with Gasteiger partial charge in [-0.1, -0.05) is 122 Å². The zero-order chi connectivity index (χ0) is 33.8. The molecule has 0 amide bonds. The van der Waals surface area contributed by atoms with E-state index in [9.17, 15) is 0 Å². The van der Waals surface area contributed by atoms with Gasteiger partial charge in [-0.25, -0.2) is 0 Å². The SMILES string of the molecule is C#C.C#C.C/C=C(\C)C(c1ccccc1)c1cc(C)ccc1C.C=CC.C=CC.CC.CC1=CCCC=C1.CCNC. The fourth-order valence-corrected chi connectivity index (χ4v) is 3.32. The van der Waals surface area contributed by atoms with E-state index in [1.54, 1.807) is 12.2 Å². The number of allylic oxidation sites excluding steroid dienone is 8. The predicted molar refractivity (Wildman–Crippen MR) is 198 cm³/mol. The van der Waals surface area contributed by atoms with Crippen molar-refractivity contribution >= 4 is 0 Å². The van der Waals surface area contributed by atoms with Gasteiger partial charge >= 0.3 is 0 Å². The van der Waals surface area contributed by atoms with Gasteiger partial charge in [0, 0.05) is 5.92 Å². The van der Waals surface area contributed by atoms with Gasteiger partial charge < -0.3 is 5.32 Å². The molecule has 42 heavy (non-hydrogen) atoms. The fourth-order valence-electron chi connectivity index (χ4n) is 3.32. The Kier molecular flexibility index (Phi) is 45.0. The molecule has 1 aliphatic rings. The molecule has 0 spiro atoms. The molecule has 0 bridgehead atoms. The van der Waals surface area contributed by atoms with E-state index in [1.807, 2.05) is 34.7 Å². The molecule has 3 rings (SSSR count). The maximum absolute atomic E-state index is 4.00. The molecule has 0 radical (unpaired) electrons. The average Bonchev–Trinajstić information content (AvgIpc) is 3.04. The Morgan fingerprint density at radius 1 is 0.881 bits per heavy atom. The minimum absolute atomic E-state index is 0.367. The van der Waals surface area contributed by atoms with Crippen LogP contribution in [0.2, 0.25) is 0 Å². The molecule has 0 aliphatic heterocycles. The van der Waals surface area contributed by atoms with E-state index in [4.69, 9.17) is 0 Å². The smallest absolute Gasteiger partial charge is 0.0298 e. The topological polar surface area (TPSA) is 12.0 Å². The first-order valence-corrected chi connectivity index (χ1v) is 14.8. The molecule has 1 nitrogen and oxygen atoms in total. The third-order valence-corrected chi connectivity index (χ3v) is 5.32. The predicted octanol–water partition coefficient (Wildman–Crippen LogP) is 11.8. The summed E-state index contributed by atoms with van der Waals surface area (Å²) in [6, 6.07) is 17.5. The van der Waals surface area contributed by atoms with Gasteiger partial charge in [0.15, 0.2) is 0 Å². The number of rotatable bonds is 4. The lowest BCUT2D eigenvalue weighted by Gasteiger charge is -2.21. The number of terminal acetylenes is 2. The number of benzene rings is 2. The highest BCUT2D eigenvalue weighted by atomic mass is 14.8. The van der Waals surface area contributed by atoms with Gasteiger partial charge in [-0.15, -0.1) is 38.9 Å². The van der Waals surface area contributed by atoms with E-state index in [-0.39, 0.29) is 0 Å². The summed E-state index contributed by atoms with van der Waals surface area (Å²) in [4.78, 5) is 0. The largest absolute Gasteiger partial charge is 0.320 e. The van der Waals surface area contributed by atoms with Crippen molar-refractivity contribution < 1.29 is 0 Å². The van der Waals surface area contributed by atoms with Crippen molar-refractivity contribution in [1.82, 2.24) is 5.32 Å². The Balaban J connectivity index is -0.000000164. The first-order valence-electron chi connectivity index (χ1n) is 14.8. The standard InChI is InChI=1S/C19H22.C7H10.C3H9N.2C3H6.C2H6.2C2H2/c1-5-15(3)19(17-9-7-6-8-10-17)18-13-14(2)11-12-16(18)4;1-7-5-3-2-4-6-7;1-3-4-2;2*1-3-2;3*1-2/h5-13,19H,1-4H3;3,5-6H,2,4H2,1H3;4H,3H2,1-2H3;2*3H,1H2,2H3;1-2H3;2*1-2H/b15-5+;;;;;;;. The van der Waals surface area contributed by atoms with E-state index in [1.165, 1.54) is 46.2 Å². The second kappa shape index (κ2) is 39.4. The highest BCUT2D eigenvalue weighted by Crippen LogP contribution is 2.33. The monoisotopic (exact) mass is 569 g/mol. The minimum Gasteiger partial charge on any atom is -0.320 e. The van der Waals surface area contributed by atoms with E-state index in [0.717, 1.165) is 6.54 Å². The van der Waals surface area contributed by atoms with Crippen molar-refractivity contribution in [1.29, 1.82) is 0 Å². The van der Waals surface area contributed by atoms with Crippen LogP contribution in [-0.2, 0) is 0 Å². The van der Waals surface area contributed by atoms with E-state index >= 15 is 0 Å². The molecule has 0 heterocycles. The van der Waals surface area contributed by atoms with Crippen molar-refractivity contribution in [2.45, 2.75) is 88.0 Å². The van der Waals surface area contributed by atoms with Crippen LogP contribution in [0.4, 0.5) is 0 Å². The lowest BCUT2D eigenvalue weighted by Crippen LogP contribution is -2.05. The van der Waals surface area contributed by atoms with Crippen molar-refractivity contribution in [2.24, 2.45) is 0 Å². The van der Waals surface area contributed by atoms with Crippen LogP contribution in [0, 0.1) is 39.5 Å². The molecule has 2 aromatic rings. The number of nitrogens with one attached hydrogen (secondary N) is 1. The Hall–Kier alpha value is -3.78. The van der Waals surface area contributed by atoms with E-state index in [0.29, 0.717) is 5.92 Å². The van der Waals surface area contributed by atoms with Crippen LogP contribution in [0.15, 0.2) is 109 Å². The third-order valence-electron chi connectivity index (χ3n) is 5.32. The number of hydrogen-bond acceptors (Lipinski definition) is 1. The van der Waals surface area contributed by atoms with E-state index < -0.39 is 0 Å². The van der Waals surface area contributed by atoms with E-state index in [2.05, 4.69) is 159 Å². The average molecular weight is 570 g/mol. The third kappa shape index (κ3) is 27.8. The van der Waals surface area contributed by atoms with Gasteiger partial charge in [0.1, 0.15) is 0 Å². The highest BCUT2D eigenvalue weighted by molar-refractivity contribution is 5.45. The van der Waals surface area contributed by atoms with Crippen molar-refractivity contribution in [3.8, 4) is 25.7 Å². The summed E-state index contributed by atoms with van der Waals surface area (Å²) in [5.41, 5.74) is 8.28. The summed E-state index contributed by atoms with van der Waals surface area (Å²) < 4.78 is 0. The Morgan fingerprint density at radius 3 is 1.69 bits per heavy atom. The first kappa shape index (κ1) is 48.0. The summed E-state index contributed by atoms with van der Waals surface area (Å²) >= 11 is 0. The maximum Gasteiger partial charge on any atom is 0.0298 e. The molecule has 0 saturated heterocycles. The summed E-state index contributed by atoms with van der Waals surface area (Å²) in [6.45, 7) is 28.5. The molecule has 1 atom stereocenters. The van der Waals surface area contributed by atoms with Crippen molar-refractivity contribution in [3.05, 3.63) is 132 Å². The van der Waals surface area contributed by atoms with Crippen LogP contribution in [0.3, 0.4) is 0 Å². The number of aryl methyl sites for hydroxylation is 2. The molecule has 2 aromatic carbocycles. The molecule has 1 aliphatic carbocycles.